The minimum atomic E-state index is -2.82. The Morgan fingerprint density at radius 3 is 2.80 bits per heavy atom. The number of ether oxygens (including phenoxy) is 1. The monoisotopic (exact) mass is 485 g/mol. The van der Waals surface area contributed by atoms with Gasteiger partial charge in [0.25, 0.3) is 0 Å². The molecule has 1 N–H and O–H groups in total. The van der Waals surface area contributed by atoms with Gasteiger partial charge < -0.3 is 15.0 Å². The van der Waals surface area contributed by atoms with Crippen molar-refractivity contribution in [2.45, 2.75) is 33.1 Å². The van der Waals surface area contributed by atoms with Gasteiger partial charge in [-0.05, 0) is 31.1 Å². The molecule has 3 fully saturated rings. The highest BCUT2D eigenvalue weighted by atomic mass is 127. The molecule has 2 atom stereocenters. The molecule has 146 valence electrons. The Balaban J connectivity index is 0.00000225. The highest BCUT2D eigenvalue weighted by molar-refractivity contribution is 14.0. The maximum absolute atomic E-state index is 11.6. The second kappa shape index (κ2) is 8.73. The lowest BCUT2D eigenvalue weighted by Crippen LogP contribution is -2.43. The number of hydrogen-bond donors (Lipinski definition) is 1. The summed E-state index contributed by atoms with van der Waals surface area (Å²) in [7, 11) is -2.82. The zero-order chi connectivity index (χ0) is 17.2. The topological polar surface area (TPSA) is 71.0 Å². The van der Waals surface area contributed by atoms with Gasteiger partial charge in [-0.3, -0.25) is 4.99 Å². The fourth-order valence-electron chi connectivity index (χ4n) is 3.89. The Bertz CT molecular complexity index is 574. The molecule has 3 rings (SSSR count). The summed E-state index contributed by atoms with van der Waals surface area (Å²) >= 11 is 0. The Morgan fingerprint density at radius 1 is 1.40 bits per heavy atom. The Labute approximate surface area is 169 Å². The van der Waals surface area contributed by atoms with Crippen molar-refractivity contribution < 1.29 is 13.2 Å². The van der Waals surface area contributed by atoms with E-state index in [9.17, 15) is 8.42 Å². The SMILES string of the molecule is CC(C)CN=C(NCC1CCS(=O)(=O)C1)N1CCC2(CCOC2)C1.I. The lowest BCUT2D eigenvalue weighted by atomic mass is 9.87. The molecule has 1 spiro atoms. The summed E-state index contributed by atoms with van der Waals surface area (Å²) in [4.78, 5) is 7.15. The maximum Gasteiger partial charge on any atom is 0.193 e. The van der Waals surface area contributed by atoms with Gasteiger partial charge in [0.1, 0.15) is 0 Å². The van der Waals surface area contributed by atoms with Crippen LogP contribution in [0, 0.1) is 17.3 Å². The van der Waals surface area contributed by atoms with E-state index in [1.165, 1.54) is 0 Å². The minimum absolute atomic E-state index is 0. The molecule has 3 aliphatic rings. The van der Waals surface area contributed by atoms with Crippen LogP contribution in [-0.4, -0.2) is 70.2 Å². The Hall–Kier alpha value is -0.0900. The summed E-state index contributed by atoms with van der Waals surface area (Å²) in [5.41, 5.74) is 0.303. The third kappa shape index (κ3) is 5.69. The minimum Gasteiger partial charge on any atom is -0.381 e. The van der Waals surface area contributed by atoms with Crippen LogP contribution >= 0.6 is 24.0 Å². The Kier molecular flexibility index (Phi) is 7.41. The quantitative estimate of drug-likeness (QED) is 0.374. The molecule has 3 heterocycles. The van der Waals surface area contributed by atoms with Crippen molar-refractivity contribution in [1.29, 1.82) is 0 Å². The largest absolute Gasteiger partial charge is 0.381 e. The Morgan fingerprint density at radius 2 is 2.20 bits per heavy atom. The molecule has 3 aliphatic heterocycles. The van der Waals surface area contributed by atoms with E-state index in [1.807, 2.05) is 0 Å². The number of nitrogens with one attached hydrogen (secondary N) is 1. The van der Waals surface area contributed by atoms with Crippen molar-refractivity contribution >= 4 is 39.8 Å². The summed E-state index contributed by atoms with van der Waals surface area (Å²) in [6.45, 7) is 9.58. The molecule has 0 radical (unpaired) electrons. The van der Waals surface area contributed by atoms with Crippen LogP contribution in [0.25, 0.3) is 0 Å². The fraction of sp³-hybridized carbons (Fsp3) is 0.941. The van der Waals surface area contributed by atoms with Gasteiger partial charge in [-0.15, -0.1) is 24.0 Å². The van der Waals surface area contributed by atoms with Crippen molar-refractivity contribution in [3.8, 4) is 0 Å². The number of guanidine groups is 1. The predicted octanol–water partition coefficient (Wildman–Crippen LogP) is 1.75. The van der Waals surface area contributed by atoms with Gasteiger partial charge in [0.05, 0.1) is 18.1 Å². The molecule has 0 aromatic heterocycles. The van der Waals surface area contributed by atoms with E-state index in [4.69, 9.17) is 9.73 Å². The lowest BCUT2D eigenvalue weighted by Gasteiger charge is -2.26. The van der Waals surface area contributed by atoms with Crippen molar-refractivity contribution in [1.82, 2.24) is 10.2 Å². The molecule has 2 unspecified atom stereocenters. The number of sulfone groups is 1. The van der Waals surface area contributed by atoms with Crippen LogP contribution in [0.15, 0.2) is 4.99 Å². The first kappa shape index (κ1) is 21.2. The van der Waals surface area contributed by atoms with Crippen LogP contribution in [0.4, 0.5) is 0 Å². The number of nitrogens with zero attached hydrogens (tertiary/aromatic N) is 2. The number of hydrogen-bond acceptors (Lipinski definition) is 4. The molecule has 0 saturated carbocycles. The summed E-state index contributed by atoms with van der Waals surface area (Å²) in [5, 5.41) is 3.47. The van der Waals surface area contributed by atoms with Crippen molar-refractivity contribution in [3.05, 3.63) is 0 Å². The molecule has 0 aromatic carbocycles. The second-order valence-electron chi connectivity index (χ2n) is 8.18. The highest BCUT2D eigenvalue weighted by Gasteiger charge is 2.42. The van der Waals surface area contributed by atoms with Gasteiger partial charge in [-0.25, -0.2) is 8.42 Å². The number of rotatable bonds is 4. The normalized spacial score (nSPS) is 31.7. The molecule has 3 saturated heterocycles. The first-order valence-electron chi connectivity index (χ1n) is 9.19. The van der Waals surface area contributed by atoms with E-state index >= 15 is 0 Å². The van der Waals surface area contributed by atoms with Crippen LogP contribution in [0.1, 0.15) is 33.1 Å². The highest BCUT2D eigenvalue weighted by Crippen LogP contribution is 2.38. The molecular formula is C17H32IN3O3S. The number of halogens is 1. The van der Waals surface area contributed by atoms with Crippen LogP contribution in [0.5, 0.6) is 0 Å². The lowest BCUT2D eigenvalue weighted by molar-refractivity contribution is 0.156. The standard InChI is InChI=1S/C17H31N3O3S.HI/c1-14(2)9-18-16(19-10-15-3-8-24(21,22)11-15)20-6-4-17(12-20)5-7-23-13-17;/h14-15H,3-13H2,1-2H3,(H,18,19);1H. The van der Waals surface area contributed by atoms with Crippen molar-refractivity contribution in [2.24, 2.45) is 22.2 Å². The molecule has 25 heavy (non-hydrogen) atoms. The maximum atomic E-state index is 11.6. The molecule has 8 heteroatoms. The van der Waals surface area contributed by atoms with Gasteiger partial charge >= 0.3 is 0 Å². The van der Waals surface area contributed by atoms with Gasteiger partial charge in [-0.1, -0.05) is 13.8 Å². The van der Waals surface area contributed by atoms with E-state index in [0.717, 1.165) is 58.1 Å². The molecule has 0 aromatic rings. The summed E-state index contributed by atoms with van der Waals surface area (Å²) in [6.07, 6.45) is 3.07. The zero-order valence-corrected chi connectivity index (χ0v) is 18.5. The third-order valence-electron chi connectivity index (χ3n) is 5.40. The van der Waals surface area contributed by atoms with Crippen LogP contribution < -0.4 is 5.32 Å². The van der Waals surface area contributed by atoms with Crippen molar-refractivity contribution in [3.63, 3.8) is 0 Å². The molecule has 0 amide bonds. The average molecular weight is 485 g/mol. The molecule has 0 aliphatic carbocycles. The zero-order valence-electron chi connectivity index (χ0n) is 15.4. The van der Waals surface area contributed by atoms with Gasteiger partial charge in [0, 0.05) is 38.2 Å². The number of aliphatic imine (C=N–C) groups is 1. The van der Waals surface area contributed by atoms with Gasteiger partial charge in [0.2, 0.25) is 0 Å². The molecule has 0 bridgehead atoms. The third-order valence-corrected chi connectivity index (χ3v) is 7.24. The molecular weight excluding hydrogens is 453 g/mol. The second-order valence-corrected chi connectivity index (χ2v) is 10.4. The van der Waals surface area contributed by atoms with E-state index in [0.29, 0.717) is 29.4 Å². The van der Waals surface area contributed by atoms with Crippen LogP contribution in [0.2, 0.25) is 0 Å². The summed E-state index contributed by atoms with van der Waals surface area (Å²) in [5.74, 6) is 2.33. The van der Waals surface area contributed by atoms with Gasteiger partial charge in [0.15, 0.2) is 15.8 Å². The average Bonchev–Trinajstić information content (AvgIpc) is 3.22. The van der Waals surface area contributed by atoms with Crippen LogP contribution in [0.3, 0.4) is 0 Å². The van der Waals surface area contributed by atoms with Crippen LogP contribution in [-0.2, 0) is 14.6 Å². The van der Waals surface area contributed by atoms with Crippen molar-refractivity contribution in [2.75, 3.05) is 50.9 Å². The summed E-state index contributed by atoms with van der Waals surface area (Å²) in [6, 6.07) is 0. The molecule has 6 nitrogen and oxygen atoms in total. The smallest absolute Gasteiger partial charge is 0.193 e. The van der Waals surface area contributed by atoms with E-state index in [-0.39, 0.29) is 29.9 Å². The van der Waals surface area contributed by atoms with E-state index < -0.39 is 9.84 Å². The fourth-order valence-corrected chi connectivity index (χ4v) is 5.75. The van der Waals surface area contributed by atoms with E-state index in [2.05, 4.69) is 24.1 Å². The number of likely N-dealkylation sites (tertiary alicyclic amines) is 1. The van der Waals surface area contributed by atoms with Gasteiger partial charge in [-0.2, -0.15) is 0 Å². The summed E-state index contributed by atoms with van der Waals surface area (Å²) < 4.78 is 28.9. The predicted molar refractivity (Wildman–Crippen MR) is 111 cm³/mol. The van der Waals surface area contributed by atoms with E-state index in [1.54, 1.807) is 0 Å². The first-order chi connectivity index (χ1) is 11.4. The first-order valence-corrected chi connectivity index (χ1v) is 11.0.